The second-order valence-electron chi connectivity index (χ2n) is 2.91. The first-order valence-corrected chi connectivity index (χ1v) is 5.42. The van der Waals surface area contributed by atoms with Crippen LogP contribution in [0, 0.1) is 3.57 Å². The van der Waals surface area contributed by atoms with Crippen LogP contribution in [-0.4, -0.2) is 5.91 Å². The third kappa shape index (κ3) is 2.83. The molecule has 0 unspecified atom stereocenters. The van der Waals surface area contributed by atoms with Gasteiger partial charge in [-0.05, 0) is 48.6 Å². The van der Waals surface area contributed by atoms with Crippen LogP contribution >= 0.6 is 22.6 Å². The number of hydrogen-bond acceptors (Lipinski definition) is 1. The minimum absolute atomic E-state index is 0.0448. The molecule has 0 heterocycles. The number of hydrogen-bond donors (Lipinski definition) is 1. The molecule has 1 aromatic rings. The molecule has 0 aromatic heterocycles. The molecule has 0 radical (unpaired) electrons. The van der Waals surface area contributed by atoms with Crippen LogP contribution in [0.5, 0.6) is 0 Å². The van der Waals surface area contributed by atoms with E-state index in [0.29, 0.717) is 0 Å². The Bertz CT molecular complexity index is 371. The van der Waals surface area contributed by atoms with Crippen molar-refractivity contribution in [3.63, 3.8) is 0 Å². The fourth-order valence-corrected chi connectivity index (χ4v) is 1.44. The van der Waals surface area contributed by atoms with Gasteiger partial charge in [0.05, 0.1) is 5.69 Å². The number of para-hydroxylation sites is 1. The lowest BCUT2D eigenvalue weighted by Crippen LogP contribution is -2.13. The van der Waals surface area contributed by atoms with Crippen molar-refractivity contribution in [1.29, 1.82) is 0 Å². The minimum atomic E-state index is -0.0448. The van der Waals surface area contributed by atoms with Crippen molar-refractivity contribution in [3.8, 4) is 0 Å². The Hall–Kier alpha value is -0.840. The van der Waals surface area contributed by atoms with Crippen molar-refractivity contribution >= 4 is 34.2 Å². The highest BCUT2D eigenvalue weighted by Gasteiger charge is 2.05. The maximum atomic E-state index is 11.5. The number of anilines is 1. The molecular formula is C11H12INO. The van der Waals surface area contributed by atoms with Crippen LogP contribution in [0.2, 0.25) is 0 Å². The highest BCUT2D eigenvalue weighted by atomic mass is 127. The number of allylic oxidation sites excluding steroid dienone is 1. The van der Waals surface area contributed by atoms with E-state index >= 15 is 0 Å². The number of carbonyl (C=O) groups excluding carboxylic acids is 1. The van der Waals surface area contributed by atoms with E-state index < -0.39 is 0 Å². The Kier molecular flexibility index (Phi) is 4.13. The molecule has 0 spiro atoms. The third-order valence-electron chi connectivity index (χ3n) is 1.91. The zero-order chi connectivity index (χ0) is 10.6. The number of amides is 1. The lowest BCUT2D eigenvalue weighted by molar-refractivity contribution is -0.112. The Balaban J connectivity index is 2.80. The van der Waals surface area contributed by atoms with Crippen LogP contribution in [-0.2, 0) is 4.79 Å². The molecule has 1 aromatic carbocycles. The number of nitrogens with one attached hydrogen (secondary N) is 1. The van der Waals surface area contributed by atoms with Gasteiger partial charge in [-0.2, -0.15) is 0 Å². The van der Waals surface area contributed by atoms with Gasteiger partial charge in [-0.15, -0.1) is 0 Å². The van der Waals surface area contributed by atoms with Crippen molar-refractivity contribution in [3.05, 3.63) is 39.5 Å². The molecule has 1 rings (SSSR count). The average Bonchev–Trinajstić information content (AvgIpc) is 2.20. The van der Waals surface area contributed by atoms with Gasteiger partial charge in [0.1, 0.15) is 0 Å². The third-order valence-corrected chi connectivity index (χ3v) is 2.85. The molecule has 0 saturated heterocycles. The van der Waals surface area contributed by atoms with E-state index in [1.54, 1.807) is 13.0 Å². The summed E-state index contributed by atoms with van der Waals surface area (Å²) in [6.07, 6.45) is 1.80. The molecule has 74 valence electrons. The van der Waals surface area contributed by atoms with Gasteiger partial charge in [0.25, 0.3) is 5.91 Å². The van der Waals surface area contributed by atoms with Crippen molar-refractivity contribution < 1.29 is 4.79 Å². The van der Waals surface area contributed by atoms with Gasteiger partial charge in [0.2, 0.25) is 0 Å². The Labute approximate surface area is 97.5 Å². The summed E-state index contributed by atoms with van der Waals surface area (Å²) >= 11 is 2.20. The van der Waals surface area contributed by atoms with E-state index in [-0.39, 0.29) is 5.91 Å². The van der Waals surface area contributed by atoms with Crippen LogP contribution in [0.4, 0.5) is 5.69 Å². The van der Waals surface area contributed by atoms with E-state index in [2.05, 4.69) is 27.9 Å². The summed E-state index contributed by atoms with van der Waals surface area (Å²) in [6, 6.07) is 7.70. The van der Waals surface area contributed by atoms with Gasteiger partial charge in [-0.3, -0.25) is 4.79 Å². The Morgan fingerprint density at radius 1 is 1.43 bits per heavy atom. The molecular weight excluding hydrogens is 289 g/mol. The van der Waals surface area contributed by atoms with Crippen LogP contribution in [0.3, 0.4) is 0 Å². The van der Waals surface area contributed by atoms with E-state index in [0.717, 1.165) is 14.8 Å². The first-order chi connectivity index (χ1) is 6.65. The molecule has 2 nitrogen and oxygen atoms in total. The van der Waals surface area contributed by atoms with Gasteiger partial charge < -0.3 is 5.32 Å². The summed E-state index contributed by atoms with van der Waals surface area (Å²) in [4.78, 5) is 11.5. The quantitative estimate of drug-likeness (QED) is 0.659. The summed E-state index contributed by atoms with van der Waals surface area (Å²) in [5, 5.41) is 2.85. The van der Waals surface area contributed by atoms with Gasteiger partial charge in [-0.25, -0.2) is 0 Å². The molecule has 0 aliphatic heterocycles. The van der Waals surface area contributed by atoms with E-state index in [9.17, 15) is 4.79 Å². The van der Waals surface area contributed by atoms with Gasteiger partial charge >= 0.3 is 0 Å². The first kappa shape index (κ1) is 11.2. The molecule has 0 atom stereocenters. The van der Waals surface area contributed by atoms with Gasteiger partial charge in [0, 0.05) is 9.14 Å². The zero-order valence-corrected chi connectivity index (χ0v) is 10.3. The van der Waals surface area contributed by atoms with Crippen LogP contribution in [0.15, 0.2) is 35.9 Å². The smallest absolute Gasteiger partial charge is 0.250 e. The maximum absolute atomic E-state index is 11.5. The van der Waals surface area contributed by atoms with E-state index in [1.165, 1.54) is 0 Å². The lowest BCUT2D eigenvalue weighted by atomic mass is 10.2. The fraction of sp³-hybridized carbons (Fsp3) is 0.182. The van der Waals surface area contributed by atoms with Crippen LogP contribution in [0.25, 0.3) is 0 Å². The summed E-state index contributed by atoms with van der Waals surface area (Å²) in [6.45, 7) is 3.65. The molecule has 3 heteroatoms. The largest absolute Gasteiger partial charge is 0.321 e. The predicted octanol–water partition coefficient (Wildman–Crippen LogP) is 3.20. The van der Waals surface area contributed by atoms with Crippen molar-refractivity contribution in [2.75, 3.05) is 5.32 Å². The van der Waals surface area contributed by atoms with Gasteiger partial charge in [0.15, 0.2) is 0 Å². The van der Waals surface area contributed by atoms with Crippen LogP contribution < -0.4 is 5.32 Å². The van der Waals surface area contributed by atoms with Crippen molar-refractivity contribution in [2.45, 2.75) is 13.8 Å². The Morgan fingerprint density at radius 2 is 2.07 bits per heavy atom. The number of halogens is 1. The topological polar surface area (TPSA) is 29.1 Å². The average molecular weight is 301 g/mol. The summed E-state index contributed by atoms with van der Waals surface area (Å²) in [5.41, 5.74) is 1.59. The molecule has 0 aliphatic carbocycles. The van der Waals surface area contributed by atoms with Gasteiger partial charge in [-0.1, -0.05) is 18.2 Å². The minimum Gasteiger partial charge on any atom is -0.321 e. The second kappa shape index (κ2) is 5.14. The highest BCUT2D eigenvalue weighted by Crippen LogP contribution is 2.17. The number of carbonyl (C=O) groups is 1. The monoisotopic (exact) mass is 301 g/mol. The lowest BCUT2D eigenvalue weighted by Gasteiger charge is -2.06. The summed E-state index contributed by atoms with van der Waals surface area (Å²) in [7, 11) is 0. The first-order valence-electron chi connectivity index (χ1n) is 4.34. The standard InChI is InChI=1S/C11H12INO/c1-3-8(2)11(14)13-10-7-5-4-6-9(10)12/h3-7H,1-2H3,(H,13,14)/b8-3+. The Morgan fingerprint density at radius 3 is 2.64 bits per heavy atom. The molecule has 0 aliphatic rings. The van der Waals surface area contributed by atoms with E-state index in [1.807, 2.05) is 31.2 Å². The fourth-order valence-electron chi connectivity index (χ4n) is 0.915. The molecule has 0 bridgehead atoms. The predicted molar refractivity (Wildman–Crippen MR) is 67.2 cm³/mol. The number of rotatable bonds is 2. The van der Waals surface area contributed by atoms with Crippen LogP contribution in [0.1, 0.15) is 13.8 Å². The second-order valence-corrected chi connectivity index (χ2v) is 4.07. The highest BCUT2D eigenvalue weighted by molar-refractivity contribution is 14.1. The summed E-state index contributed by atoms with van der Waals surface area (Å²) in [5.74, 6) is -0.0448. The molecule has 14 heavy (non-hydrogen) atoms. The SMILES string of the molecule is C/C=C(\C)C(=O)Nc1ccccc1I. The maximum Gasteiger partial charge on any atom is 0.250 e. The summed E-state index contributed by atoms with van der Waals surface area (Å²) < 4.78 is 1.04. The molecule has 1 N–H and O–H groups in total. The zero-order valence-electron chi connectivity index (χ0n) is 8.17. The molecule has 0 fully saturated rings. The molecule has 0 saturated carbocycles. The molecule has 1 amide bonds. The van der Waals surface area contributed by atoms with Crippen molar-refractivity contribution in [2.24, 2.45) is 0 Å². The number of benzene rings is 1. The van der Waals surface area contributed by atoms with E-state index in [4.69, 9.17) is 0 Å². The van der Waals surface area contributed by atoms with Crippen molar-refractivity contribution in [1.82, 2.24) is 0 Å². The normalized spacial score (nSPS) is 11.2.